The Balaban J connectivity index is 1.73. The molecule has 146 valence electrons. The van der Waals surface area contributed by atoms with Gasteiger partial charge in [0, 0.05) is 5.69 Å². The van der Waals surface area contributed by atoms with Gasteiger partial charge in [0.15, 0.2) is 0 Å². The summed E-state index contributed by atoms with van der Waals surface area (Å²) in [6.07, 6.45) is 2.24. The van der Waals surface area contributed by atoms with E-state index in [4.69, 9.17) is 0 Å². The van der Waals surface area contributed by atoms with Gasteiger partial charge in [-0.2, -0.15) is 0 Å². The van der Waals surface area contributed by atoms with Crippen LogP contribution in [0.25, 0.3) is 0 Å². The summed E-state index contributed by atoms with van der Waals surface area (Å²) in [6.45, 7) is 9.99. The highest BCUT2D eigenvalue weighted by Gasteiger charge is 2.56. The lowest BCUT2D eigenvalue weighted by Crippen LogP contribution is -2.54. The quantitative estimate of drug-likeness (QED) is 0.800. The van der Waals surface area contributed by atoms with Crippen molar-refractivity contribution in [1.82, 2.24) is 10.2 Å². The van der Waals surface area contributed by atoms with E-state index in [-0.39, 0.29) is 23.8 Å². The zero-order valence-corrected chi connectivity index (χ0v) is 16.8. The number of hydrogen-bond acceptors (Lipinski definition) is 3. The van der Waals surface area contributed by atoms with Crippen molar-refractivity contribution < 1.29 is 14.4 Å². The topological polar surface area (TPSA) is 78.5 Å². The van der Waals surface area contributed by atoms with Gasteiger partial charge in [-0.25, -0.2) is 4.79 Å². The molecule has 2 N–H and O–H groups in total. The number of imide groups is 1. The molecule has 1 aliphatic heterocycles. The lowest BCUT2D eigenvalue weighted by molar-refractivity contribution is -0.136. The molecule has 0 radical (unpaired) electrons. The Hall–Kier alpha value is -2.37. The molecular formula is C21H29N3O3. The Morgan fingerprint density at radius 2 is 1.96 bits per heavy atom. The average Bonchev–Trinajstić information content (AvgIpc) is 2.72. The van der Waals surface area contributed by atoms with Crippen molar-refractivity contribution in [2.24, 2.45) is 11.3 Å². The molecule has 1 saturated carbocycles. The maximum absolute atomic E-state index is 13.1. The Morgan fingerprint density at radius 1 is 1.26 bits per heavy atom. The SMILES string of the molecule is Cc1ccc(NC(=O)CN2C(=O)N[C@]3(C[C@@H](C)CC(C)(C)C3)C2=O)c(C)c1. The van der Waals surface area contributed by atoms with Crippen LogP contribution in [-0.4, -0.2) is 34.8 Å². The van der Waals surface area contributed by atoms with Crippen molar-refractivity contribution in [1.29, 1.82) is 0 Å². The number of amides is 4. The number of benzene rings is 1. The Kier molecular flexibility index (Phi) is 4.78. The molecule has 1 saturated heterocycles. The summed E-state index contributed by atoms with van der Waals surface area (Å²) >= 11 is 0. The van der Waals surface area contributed by atoms with Gasteiger partial charge in [0.25, 0.3) is 5.91 Å². The van der Waals surface area contributed by atoms with Crippen LogP contribution in [0.2, 0.25) is 0 Å². The van der Waals surface area contributed by atoms with Crippen LogP contribution in [0, 0.1) is 25.2 Å². The fraction of sp³-hybridized carbons (Fsp3) is 0.571. The van der Waals surface area contributed by atoms with E-state index in [1.54, 1.807) is 0 Å². The molecule has 1 aliphatic carbocycles. The van der Waals surface area contributed by atoms with E-state index >= 15 is 0 Å². The molecule has 6 heteroatoms. The van der Waals surface area contributed by atoms with E-state index < -0.39 is 11.6 Å². The van der Waals surface area contributed by atoms with Crippen LogP contribution in [-0.2, 0) is 9.59 Å². The van der Waals surface area contributed by atoms with Crippen LogP contribution in [0.5, 0.6) is 0 Å². The molecule has 0 bridgehead atoms. The second-order valence-electron chi connectivity index (χ2n) is 9.12. The molecule has 27 heavy (non-hydrogen) atoms. The fourth-order valence-corrected chi connectivity index (χ4v) is 4.94. The Morgan fingerprint density at radius 3 is 2.59 bits per heavy atom. The minimum absolute atomic E-state index is 0.0299. The summed E-state index contributed by atoms with van der Waals surface area (Å²) in [5.74, 6) is -0.310. The highest BCUT2D eigenvalue weighted by Crippen LogP contribution is 2.46. The van der Waals surface area contributed by atoms with Crippen LogP contribution >= 0.6 is 0 Å². The molecule has 0 aromatic heterocycles. The third kappa shape index (κ3) is 3.84. The van der Waals surface area contributed by atoms with Gasteiger partial charge in [0.2, 0.25) is 5.91 Å². The van der Waals surface area contributed by atoms with E-state index in [0.717, 1.165) is 22.4 Å². The van der Waals surface area contributed by atoms with Crippen molar-refractivity contribution in [3.63, 3.8) is 0 Å². The number of anilines is 1. The summed E-state index contributed by atoms with van der Waals surface area (Å²) in [5, 5.41) is 5.71. The lowest BCUT2D eigenvalue weighted by atomic mass is 9.64. The summed E-state index contributed by atoms with van der Waals surface area (Å²) in [4.78, 5) is 39.1. The molecule has 0 unspecified atom stereocenters. The molecule has 2 fully saturated rings. The monoisotopic (exact) mass is 371 g/mol. The van der Waals surface area contributed by atoms with Crippen LogP contribution < -0.4 is 10.6 Å². The minimum atomic E-state index is -0.877. The van der Waals surface area contributed by atoms with Crippen LogP contribution in [0.4, 0.5) is 10.5 Å². The first-order valence-electron chi connectivity index (χ1n) is 9.53. The first kappa shape index (κ1) is 19.4. The number of rotatable bonds is 3. The van der Waals surface area contributed by atoms with Crippen molar-refractivity contribution in [2.45, 2.75) is 59.4 Å². The second kappa shape index (κ2) is 6.66. The maximum atomic E-state index is 13.1. The van der Waals surface area contributed by atoms with Gasteiger partial charge >= 0.3 is 6.03 Å². The van der Waals surface area contributed by atoms with Gasteiger partial charge in [0.05, 0.1) is 0 Å². The van der Waals surface area contributed by atoms with Gasteiger partial charge in [-0.05, 0) is 56.1 Å². The van der Waals surface area contributed by atoms with Gasteiger partial charge in [-0.15, -0.1) is 0 Å². The number of urea groups is 1. The Labute approximate surface area is 160 Å². The zero-order chi connectivity index (χ0) is 20.0. The number of hydrogen-bond donors (Lipinski definition) is 2. The normalized spacial score (nSPS) is 27.0. The van der Waals surface area contributed by atoms with Crippen molar-refractivity contribution in [3.8, 4) is 0 Å². The first-order valence-corrected chi connectivity index (χ1v) is 9.53. The van der Waals surface area contributed by atoms with Gasteiger partial charge in [0.1, 0.15) is 12.1 Å². The zero-order valence-electron chi connectivity index (χ0n) is 16.8. The molecule has 2 aliphatic rings. The van der Waals surface area contributed by atoms with Crippen molar-refractivity contribution >= 4 is 23.5 Å². The van der Waals surface area contributed by atoms with Crippen LogP contribution in [0.3, 0.4) is 0 Å². The third-order valence-electron chi connectivity index (χ3n) is 5.58. The average molecular weight is 371 g/mol. The van der Waals surface area contributed by atoms with Crippen molar-refractivity contribution in [2.75, 3.05) is 11.9 Å². The summed E-state index contributed by atoms with van der Waals surface area (Å²) in [5.41, 5.74) is 1.84. The third-order valence-corrected chi connectivity index (χ3v) is 5.58. The van der Waals surface area contributed by atoms with Crippen molar-refractivity contribution in [3.05, 3.63) is 29.3 Å². The highest BCUT2D eigenvalue weighted by atomic mass is 16.2. The van der Waals surface area contributed by atoms with E-state index in [0.29, 0.717) is 24.4 Å². The van der Waals surface area contributed by atoms with E-state index in [2.05, 4.69) is 31.4 Å². The first-order chi connectivity index (χ1) is 12.5. The number of nitrogens with zero attached hydrogens (tertiary/aromatic N) is 1. The smallest absolute Gasteiger partial charge is 0.324 e. The number of nitrogens with one attached hydrogen (secondary N) is 2. The highest BCUT2D eigenvalue weighted by molar-refractivity contribution is 6.10. The number of aryl methyl sites for hydroxylation is 2. The van der Waals surface area contributed by atoms with Crippen LogP contribution in [0.15, 0.2) is 18.2 Å². The van der Waals surface area contributed by atoms with Gasteiger partial charge in [-0.3, -0.25) is 14.5 Å². The molecule has 1 aromatic carbocycles. The molecule has 3 rings (SSSR count). The molecular weight excluding hydrogens is 342 g/mol. The second-order valence-corrected chi connectivity index (χ2v) is 9.12. The molecule has 1 aromatic rings. The summed E-state index contributed by atoms with van der Waals surface area (Å²) in [6, 6.07) is 5.25. The van der Waals surface area contributed by atoms with E-state index in [1.807, 2.05) is 32.0 Å². The summed E-state index contributed by atoms with van der Waals surface area (Å²) < 4.78 is 0. The van der Waals surface area contributed by atoms with Crippen LogP contribution in [0.1, 0.15) is 51.2 Å². The number of carbonyl (C=O) groups excluding carboxylic acids is 3. The summed E-state index contributed by atoms with van der Waals surface area (Å²) in [7, 11) is 0. The van der Waals surface area contributed by atoms with E-state index in [1.165, 1.54) is 0 Å². The largest absolute Gasteiger partial charge is 0.325 e. The molecule has 4 amide bonds. The molecule has 2 atom stereocenters. The Bertz CT molecular complexity index is 802. The minimum Gasteiger partial charge on any atom is -0.324 e. The standard InChI is InChI=1S/C21H29N3O3/c1-13-6-7-16(15(3)8-13)22-17(25)11-24-18(26)21(23-19(24)27)10-14(2)9-20(4,5)12-21/h6-8,14H,9-12H2,1-5H3,(H,22,25)(H,23,27)/t14-,21-/m0/s1. The van der Waals surface area contributed by atoms with Gasteiger partial charge < -0.3 is 10.6 Å². The lowest BCUT2D eigenvalue weighted by Gasteiger charge is -2.43. The fourth-order valence-electron chi connectivity index (χ4n) is 4.94. The molecule has 6 nitrogen and oxygen atoms in total. The number of carbonyl (C=O) groups is 3. The maximum Gasteiger partial charge on any atom is 0.325 e. The van der Waals surface area contributed by atoms with Gasteiger partial charge in [-0.1, -0.05) is 38.5 Å². The predicted octanol–water partition coefficient (Wildman–Crippen LogP) is 3.38. The molecule has 1 heterocycles. The predicted molar refractivity (Wildman–Crippen MR) is 104 cm³/mol. The van der Waals surface area contributed by atoms with E-state index in [9.17, 15) is 14.4 Å². The molecule has 1 spiro atoms.